The predicted molar refractivity (Wildman–Crippen MR) is 91.9 cm³/mol. The number of hydrogen-bond acceptors (Lipinski definition) is 5. The standard InChI is InChI=1S/C17H17ClN4O/c1-11(2)23-16-6-3-12(8-19-16)9-20-17-14-5-4-13(18)7-15(14)21-10-22-17/h3-8,10-11H,9H2,1-2H3,(H,20,21,22). The monoisotopic (exact) mass is 328 g/mol. The highest BCUT2D eigenvalue weighted by Gasteiger charge is 2.05. The Kier molecular flexibility index (Phi) is 4.57. The highest BCUT2D eigenvalue weighted by molar-refractivity contribution is 6.31. The number of ether oxygens (including phenoxy) is 1. The van der Waals surface area contributed by atoms with Crippen molar-refractivity contribution in [2.45, 2.75) is 26.5 Å². The summed E-state index contributed by atoms with van der Waals surface area (Å²) in [5.74, 6) is 1.40. The first-order valence-electron chi connectivity index (χ1n) is 7.37. The van der Waals surface area contributed by atoms with Crippen LogP contribution in [0.25, 0.3) is 10.9 Å². The fourth-order valence-electron chi connectivity index (χ4n) is 2.18. The van der Waals surface area contributed by atoms with Gasteiger partial charge in [0, 0.05) is 29.2 Å². The first kappa shape index (κ1) is 15.5. The van der Waals surface area contributed by atoms with Crippen LogP contribution in [-0.2, 0) is 6.54 Å². The summed E-state index contributed by atoms with van der Waals surface area (Å²) < 4.78 is 5.54. The van der Waals surface area contributed by atoms with Crippen LogP contribution in [0.3, 0.4) is 0 Å². The van der Waals surface area contributed by atoms with Crippen molar-refractivity contribution in [3.8, 4) is 5.88 Å². The average Bonchev–Trinajstić information content (AvgIpc) is 2.53. The molecule has 0 amide bonds. The molecule has 5 nitrogen and oxygen atoms in total. The predicted octanol–water partition coefficient (Wildman–Crippen LogP) is 4.08. The number of nitrogens with zero attached hydrogens (tertiary/aromatic N) is 3. The van der Waals surface area contributed by atoms with Gasteiger partial charge in [0.1, 0.15) is 12.1 Å². The normalized spacial score (nSPS) is 11.0. The third kappa shape index (κ3) is 3.87. The fraction of sp³-hybridized carbons (Fsp3) is 0.235. The summed E-state index contributed by atoms with van der Waals surface area (Å²) in [6, 6.07) is 9.42. The molecule has 2 aromatic heterocycles. The first-order chi connectivity index (χ1) is 11.1. The molecule has 0 aliphatic heterocycles. The number of nitrogens with one attached hydrogen (secondary N) is 1. The van der Waals surface area contributed by atoms with E-state index < -0.39 is 0 Å². The van der Waals surface area contributed by atoms with Gasteiger partial charge in [0.05, 0.1) is 11.6 Å². The van der Waals surface area contributed by atoms with Gasteiger partial charge >= 0.3 is 0 Å². The largest absolute Gasteiger partial charge is 0.475 e. The first-order valence-corrected chi connectivity index (χ1v) is 7.75. The number of rotatable bonds is 5. The van der Waals surface area contributed by atoms with E-state index in [2.05, 4.69) is 20.3 Å². The van der Waals surface area contributed by atoms with Gasteiger partial charge in [-0.25, -0.2) is 15.0 Å². The Morgan fingerprint density at radius 3 is 2.74 bits per heavy atom. The number of anilines is 1. The van der Waals surface area contributed by atoms with E-state index in [4.69, 9.17) is 16.3 Å². The molecule has 0 atom stereocenters. The third-order valence-electron chi connectivity index (χ3n) is 3.21. The lowest BCUT2D eigenvalue weighted by Crippen LogP contribution is -2.07. The molecule has 6 heteroatoms. The van der Waals surface area contributed by atoms with Crippen molar-refractivity contribution in [1.29, 1.82) is 0 Å². The van der Waals surface area contributed by atoms with Crippen molar-refractivity contribution in [2.24, 2.45) is 0 Å². The Morgan fingerprint density at radius 2 is 2.00 bits per heavy atom. The third-order valence-corrected chi connectivity index (χ3v) is 3.45. The van der Waals surface area contributed by atoms with Gasteiger partial charge in [-0.05, 0) is 37.6 Å². The Labute approximate surface area is 139 Å². The van der Waals surface area contributed by atoms with Crippen LogP contribution < -0.4 is 10.1 Å². The molecule has 0 fully saturated rings. The van der Waals surface area contributed by atoms with Crippen molar-refractivity contribution in [3.63, 3.8) is 0 Å². The highest BCUT2D eigenvalue weighted by Crippen LogP contribution is 2.23. The minimum atomic E-state index is 0.116. The van der Waals surface area contributed by atoms with E-state index in [1.807, 2.05) is 44.2 Å². The van der Waals surface area contributed by atoms with Crippen molar-refractivity contribution < 1.29 is 4.74 Å². The minimum Gasteiger partial charge on any atom is -0.475 e. The summed E-state index contributed by atoms with van der Waals surface area (Å²) in [6.07, 6.45) is 3.44. The number of pyridine rings is 1. The molecular formula is C17H17ClN4O. The lowest BCUT2D eigenvalue weighted by Gasteiger charge is -2.10. The summed E-state index contributed by atoms with van der Waals surface area (Å²) >= 11 is 5.99. The Hall–Kier alpha value is -2.40. The molecule has 3 aromatic rings. The van der Waals surface area contributed by atoms with E-state index in [9.17, 15) is 0 Å². The number of hydrogen-bond donors (Lipinski definition) is 1. The molecule has 3 rings (SSSR count). The summed E-state index contributed by atoms with van der Waals surface area (Å²) in [5, 5.41) is 4.90. The Bertz CT molecular complexity index is 805. The van der Waals surface area contributed by atoms with Crippen LogP contribution in [-0.4, -0.2) is 21.1 Å². The topological polar surface area (TPSA) is 59.9 Å². The van der Waals surface area contributed by atoms with Gasteiger partial charge in [-0.1, -0.05) is 17.7 Å². The van der Waals surface area contributed by atoms with Gasteiger partial charge in [-0.3, -0.25) is 0 Å². The van der Waals surface area contributed by atoms with E-state index in [0.717, 1.165) is 22.3 Å². The smallest absolute Gasteiger partial charge is 0.213 e. The average molecular weight is 329 g/mol. The van der Waals surface area contributed by atoms with Gasteiger partial charge in [0.15, 0.2) is 0 Å². The van der Waals surface area contributed by atoms with Gasteiger partial charge in [-0.2, -0.15) is 0 Å². The maximum atomic E-state index is 5.99. The maximum absolute atomic E-state index is 5.99. The molecule has 0 aliphatic rings. The molecular weight excluding hydrogens is 312 g/mol. The van der Waals surface area contributed by atoms with E-state index in [1.54, 1.807) is 6.20 Å². The van der Waals surface area contributed by atoms with Gasteiger partial charge < -0.3 is 10.1 Å². The molecule has 0 saturated heterocycles. The van der Waals surface area contributed by atoms with Crippen molar-refractivity contribution in [3.05, 3.63) is 53.4 Å². The van der Waals surface area contributed by atoms with Gasteiger partial charge in [0.2, 0.25) is 5.88 Å². The molecule has 2 heterocycles. The van der Waals surface area contributed by atoms with Crippen LogP contribution in [0, 0.1) is 0 Å². The number of halogens is 1. The molecule has 0 unspecified atom stereocenters. The van der Waals surface area contributed by atoms with Crippen LogP contribution in [0.4, 0.5) is 5.82 Å². The number of aromatic nitrogens is 3. The van der Waals surface area contributed by atoms with Crippen LogP contribution in [0.15, 0.2) is 42.9 Å². The highest BCUT2D eigenvalue weighted by atomic mass is 35.5. The minimum absolute atomic E-state index is 0.116. The maximum Gasteiger partial charge on any atom is 0.213 e. The second-order valence-electron chi connectivity index (χ2n) is 5.41. The molecule has 23 heavy (non-hydrogen) atoms. The van der Waals surface area contributed by atoms with Crippen molar-refractivity contribution in [1.82, 2.24) is 15.0 Å². The summed E-state index contributed by atoms with van der Waals surface area (Å²) in [7, 11) is 0. The SMILES string of the molecule is CC(C)Oc1ccc(CNc2ncnc3cc(Cl)ccc23)cn1. The van der Waals surface area contributed by atoms with Crippen LogP contribution in [0.2, 0.25) is 5.02 Å². The van der Waals surface area contributed by atoms with E-state index in [0.29, 0.717) is 17.4 Å². The van der Waals surface area contributed by atoms with Crippen LogP contribution >= 0.6 is 11.6 Å². The second-order valence-corrected chi connectivity index (χ2v) is 5.85. The Balaban J connectivity index is 1.73. The van der Waals surface area contributed by atoms with Crippen molar-refractivity contribution >= 4 is 28.3 Å². The molecule has 118 valence electrons. The summed E-state index contributed by atoms with van der Waals surface area (Å²) in [5.41, 5.74) is 1.86. The van der Waals surface area contributed by atoms with Crippen molar-refractivity contribution in [2.75, 3.05) is 5.32 Å². The molecule has 1 aromatic carbocycles. The zero-order chi connectivity index (χ0) is 16.2. The zero-order valence-electron chi connectivity index (χ0n) is 13.0. The second kappa shape index (κ2) is 6.79. The molecule has 0 spiro atoms. The van der Waals surface area contributed by atoms with Gasteiger partial charge in [0.25, 0.3) is 0 Å². The van der Waals surface area contributed by atoms with E-state index in [1.165, 1.54) is 6.33 Å². The molecule has 0 saturated carbocycles. The molecule has 0 radical (unpaired) electrons. The number of benzene rings is 1. The summed E-state index contributed by atoms with van der Waals surface area (Å²) in [6.45, 7) is 4.57. The summed E-state index contributed by atoms with van der Waals surface area (Å²) in [4.78, 5) is 12.8. The lowest BCUT2D eigenvalue weighted by molar-refractivity contribution is 0.232. The van der Waals surface area contributed by atoms with Gasteiger partial charge in [-0.15, -0.1) is 0 Å². The Morgan fingerprint density at radius 1 is 1.13 bits per heavy atom. The lowest BCUT2D eigenvalue weighted by atomic mass is 10.2. The van der Waals surface area contributed by atoms with E-state index >= 15 is 0 Å². The van der Waals surface area contributed by atoms with Crippen LogP contribution in [0.5, 0.6) is 5.88 Å². The van der Waals surface area contributed by atoms with Crippen LogP contribution in [0.1, 0.15) is 19.4 Å². The van der Waals surface area contributed by atoms with E-state index in [-0.39, 0.29) is 6.10 Å². The molecule has 0 bridgehead atoms. The molecule has 1 N–H and O–H groups in total. The zero-order valence-corrected chi connectivity index (χ0v) is 13.7. The molecule has 0 aliphatic carbocycles. The quantitative estimate of drug-likeness (QED) is 0.764. The fourth-order valence-corrected chi connectivity index (χ4v) is 2.35. The number of fused-ring (bicyclic) bond motifs is 1.